The minimum Gasteiger partial charge on any atom is -0.379 e. The van der Waals surface area contributed by atoms with E-state index in [1.807, 2.05) is 0 Å². The fourth-order valence-corrected chi connectivity index (χ4v) is 3.70. The second kappa shape index (κ2) is 6.64. The van der Waals surface area contributed by atoms with E-state index >= 15 is 0 Å². The SMILES string of the molecule is O=S(=O)(Cc1ccccc1C(F)(F)F)Nc1cn(C2CCOC2)nn1. The van der Waals surface area contributed by atoms with Gasteiger partial charge in [0.15, 0.2) is 5.82 Å². The van der Waals surface area contributed by atoms with Crippen LogP contribution in [-0.2, 0) is 26.7 Å². The van der Waals surface area contributed by atoms with Crippen molar-refractivity contribution in [2.75, 3.05) is 17.9 Å². The number of hydrogen-bond donors (Lipinski definition) is 1. The lowest BCUT2D eigenvalue weighted by atomic mass is 10.1. The van der Waals surface area contributed by atoms with Gasteiger partial charge in [-0.3, -0.25) is 4.72 Å². The topological polar surface area (TPSA) is 86.1 Å². The summed E-state index contributed by atoms with van der Waals surface area (Å²) in [5.41, 5.74) is -1.31. The van der Waals surface area contributed by atoms with Crippen LogP contribution in [0.4, 0.5) is 19.0 Å². The molecule has 1 aliphatic rings. The van der Waals surface area contributed by atoms with E-state index in [9.17, 15) is 21.6 Å². The van der Waals surface area contributed by atoms with Crippen molar-refractivity contribution in [3.8, 4) is 0 Å². The predicted octanol–water partition coefficient (Wildman–Crippen LogP) is 2.20. The monoisotopic (exact) mass is 376 g/mol. The van der Waals surface area contributed by atoms with Gasteiger partial charge in [-0.25, -0.2) is 13.1 Å². The van der Waals surface area contributed by atoms with Crippen LogP contribution in [0.1, 0.15) is 23.6 Å². The van der Waals surface area contributed by atoms with Crippen molar-refractivity contribution in [1.82, 2.24) is 15.0 Å². The molecule has 25 heavy (non-hydrogen) atoms. The number of alkyl halides is 3. The summed E-state index contributed by atoms with van der Waals surface area (Å²) in [6.45, 7) is 1.04. The molecule has 3 rings (SSSR count). The number of rotatable bonds is 5. The molecule has 1 atom stereocenters. The molecule has 0 amide bonds. The third kappa shape index (κ3) is 4.28. The molecule has 1 aromatic carbocycles. The molecule has 1 saturated heterocycles. The highest BCUT2D eigenvalue weighted by molar-refractivity contribution is 7.91. The number of aromatic nitrogens is 3. The third-order valence-corrected chi connectivity index (χ3v) is 4.93. The maximum Gasteiger partial charge on any atom is 0.416 e. The van der Waals surface area contributed by atoms with Crippen molar-refractivity contribution in [1.29, 1.82) is 0 Å². The number of nitrogens with one attached hydrogen (secondary N) is 1. The van der Waals surface area contributed by atoms with Crippen LogP contribution >= 0.6 is 0 Å². The molecule has 2 heterocycles. The highest BCUT2D eigenvalue weighted by atomic mass is 32.2. The van der Waals surface area contributed by atoms with E-state index in [2.05, 4.69) is 15.0 Å². The van der Waals surface area contributed by atoms with Crippen LogP contribution in [0.15, 0.2) is 30.5 Å². The first kappa shape index (κ1) is 17.7. The van der Waals surface area contributed by atoms with Crippen molar-refractivity contribution in [2.45, 2.75) is 24.4 Å². The Morgan fingerprint density at radius 1 is 1.32 bits per heavy atom. The number of ether oxygens (including phenoxy) is 1. The largest absolute Gasteiger partial charge is 0.416 e. The fourth-order valence-electron chi connectivity index (χ4n) is 2.56. The Morgan fingerprint density at radius 3 is 2.76 bits per heavy atom. The summed E-state index contributed by atoms with van der Waals surface area (Å²) in [6, 6.07) is 4.52. The summed E-state index contributed by atoms with van der Waals surface area (Å²) in [6.07, 6.45) is -2.50. The van der Waals surface area contributed by atoms with Crippen molar-refractivity contribution in [3.63, 3.8) is 0 Å². The minimum absolute atomic E-state index is 0.0308. The van der Waals surface area contributed by atoms with E-state index in [0.29, 0.717) is 13.2 Å². The highest BCUT2D eigenvalue weighted by Crippen LogP contribution is 2.32. The smallest absolute Gasteiger partial charge is 0.379 e. The van der Waals surface area contributed by atoms with Gasteiger partial charge in [-0.15, -0.1) is 5.10 Å². The first-order chi connectivity index (χ1) is 11.7. The summed E-state index contributed by atoms with van der Waals surface area (Å²) < 4.78 is 72.2. The molecule has 0 saturated carbocycles. The van der Waals surface area contributed by atoms with Crippen LogP contribution in [-0.4, -0.2) is 36.6 Å². The quantitative estimate of drug-likeness (QED) is 0.865. The van der Waals surface area contributed by atoms with Crippen molar-refractivity contribution >= 4 is 15.8 Å². The van der Waals surface area contributed by atoms with Gasteiger partial charge < -0.3 is 4.74 Å². The molecular formula is C14H15F3N4O3S. The molecule has 0 spiro atoms. The lowest BCUT2D eigenvalue weighted by Crippen LogP contribution is -2.18. The number of hydrogen-bond acceptors (Lipinski definition) is 5. The summed E-state index contributed by atoms with van der Waals surface area (Å²) in [7, 11) is -4.08. The third-order valence-electron chi connectivity index (χ3n) is 3.72. The molecule has 1 N–H and O–H groups in total. The van der Waals surface area contributed by atoms with E-state index in [4.69, 9.17) is 4.74 Å². The Morgan fingerprint density at radius 2 is 2.08 bits per heavy atom. The maximum atomic E-state index is 13.0. The van der Waals surface area contributed by atoms with Crippen LogP contribution in [0.2, 0.25) is 0 Å². The van der Waals surface area contributed by atoms with Crippen LogP contribution in [0.3, 0.4) is 0 Å². The molecule has 1 unspecified atom stereocenters. The average Bonchev–Trinajstić information content (AvgIpc) is 3.16. The summed E-state index contributed by atoms with van der Waals surface area (Å²) >= 11 is 0. The maximum absolute atomic E-state index is 13.0. The van der Waals surface area contributed by atoms with Gasteiger partial charge in [-0.1, -0.05) is 23.4 Å². The van der Waals surface area contributed by atoms with Crippen LogP contribution in [0.25, 0.3) is 0 Å². The minimum atomic E-state index is -4.63. The van der Waals surface area contributed by atoms with E-state index in [0.717, 1.165) is 18.6 Å². The normalized spacial score (nSPS) is 18.4. The Kier molecular flexibility index (Phi) is 4.69. The van der Waals surface area contributed by atoms with Gasteiger partial charge in [0.2, 0.25) is 10.0 Å². The second-order valence-electron chi connectivity index (χ2n) is 5.62. The lowest BCUT2D eigenvalue weighted by molar-refractivity contribution is -0.138. The molecule has 1 aliphatic heterocycles. The lowest BCUT2D eigenvalue weighted by Gasteiger charge is -2.13. The zero-order valence-corrected chi connectivity index (χ0v) is 13.7. The van der Waals surface area contributed by atoms with Crippen molar-refractivity contribution in [3.05, 3.63) is 41.6 Å². The van der Waals surface area contributed by atoms with Gasteiger partial charge in [0.25, 0.3) is 0 Å². The average molecular weight is 376 g/mol. The molecule has 0 radical (unpaired) electrons. The van der Waals surface area contributed by atoms with E-state index in [1.165, 1.54) is 23.0 Å². The summed E-state index contributed by atoms with van der Waals surface area (Å²) in [5.74, 6) is -0.862. The van der Waals surface area contributed by atoms with Crippen molar-refractivity contribution < 1.29 is 26.3 Å². The first-order valence-electron chi connectivity index (χ1n) is 7.40. The zero-order chi connectivity index (χ0) is 18.1. The Labute approximate surface area is 141 Å². The molecule has 136 valence electrons. The van der Waals surface area contributed by atoms with Crippen LogP contribution in [0.5, 0.6) is 0 Å². The summed E-state index contributed by atoms with van der Waals surface area (Å²) in [4.78, 5) is 0. The molecule has 0 aliphatic carbocycles. The van der Waals surface area contributed by atoms with E-state index in [-0.39, 0.29) is 17.4 Å². The number of sulfonamides is 1. The zero-order valence-electron chi connectivity index (χ0n) is 12.9. The number of benzene rings is 1. The van der Waals surface area contributed by atoms with Gasteiger partial charge >= 0.3 is 6.18 Å². The van der Waals surface area contributed by atoms with Crippen molar-refractivity contribution in [2.24, 2.45) is 0 Å². The Bertz CT molecular complexity index is 845. The van der Waals surface area contributed by atoms with Crippen LogP contribution < -0.4 is 4.72 Å². The number of halogens is 3. The molecule has 11 heteroatoms. The second-order valence-corrected chi connectivity index (χ2v) is 7.34. The van der Waals surface area contributed by atoms with Gasteiger partial charge in [0.1, 0.15) is 0 Å². The molecule has 7 nitrogen and oxygen atoms in total. The predicted molar refractivity (Wildman–Crippen MR) is 82.2 cm³/mol. The molecular weight excluding hydrogens is 361 g/mol. The molecule has 0 bridgehead atoms. The van der Waals surface area contributed by atoms with E-state index in [1.54, 1.807) is 0 Å². The molecule has 1 aromatic heterocycles. The molecule has 1 fully saturated rings. The van der Waals surface area contributed by atoms with Gasteiger partial charge in [-0.2, -0.15) is 13.2 Å². The van der Waals surface area contributed by atoms with Gasteiger partial charge in [0, 0.05) is 6.61 Å². The van der Waals surface area contributed by atoms with Gasteiger partial charge in [-0.05, 0) is 18.1 Å². The fraction of sp³-hybridized carbons (Fsp3) is 0.429. The van der Waals surface area contributed by atoms with Crippen LogP contribution in [0, 0.1) is 0 Å². The Hall–Kier alpha value is -2.14. The highest BCUT2D eigenvalue weighted by Gasteiger charge is 2.34. The summed E-state index contributed by atoms with van der Waals surface area (Å²) in [5, 5.41) is 7.53. The molecule has 2 aromatic rings. The first-order valence-corrected chi connectivity index (χ1v) is 9.05. The van der Waals surface area contributed by atoms with E-state index < -0.39 is 27.5 Å². The Balaban J connectivity index is 1.75. The number of nitrogens with zero attached hydrogens (tertiary/aromatic N) is 3. The standard InChI is InChI=1S/C14H15F3N4O3S/c15-14(16,17)12-4-2-1-3-10(12)9-25(22,23)19-13-7-21(20-18-13)11-5-6-24-8-11/h1-4,7,11,19H,5-6,8-9H2. The number of anilines is 1. The van der Waals surface area contributed by atoms with Gasteiger partial charge in [0.05, 0.1) is 30.2 Å².